The zero-order valence-corrected chi connectivity index (χ0v) is 6.55. The third-order valence-corrected chi connectivity index (χ3v) is 1.00. The number of aliphatic carboxylic acids is 3. The molecule has 0 heterocycles. The summed E-state index contributed by atoms with van der Waals surface area (Å²) in [4.78, 5) is 30.0. The minimum absolute atomic E-state index is 0.0960. The van der Waals surface area contributed by atoms with Crippen molar-refractivity contribution in [2.75, 3.05) is 0 Å². The highest BCUT2D eigenvalue weighted by atomic mass is 16.4. The number of carboxylic acid groups (broad SMARTS) is 3. The Balaban J connectivity index is 5.07. The Kier molecular flexibility index (Phi) is 3.88. The molecule has 0 fully saturated rings. The highest BCUT2D eigenvalue weighted by molar-refractivity contribution is 5.97. The van der Waals surface area contributed by atoms with Crippen LogP contribution in [0.2, 0.25) is 0 Å². The maximum atomic E-state index is 10.4. The van der Waals surface area contributed by atoms with Crippen LogP contribution in [0.5, 0.6) is 0 Å². The first-order valence-corrected chi connectivity index (χ1v) is 3.10. The van der Waals surface area contributed by atoms with Crippen molar-refractivity contribution in [2.45, 2.75) is 0 Å². The number of carboxylic acids is 3. The fraction of sp³-hybridized carbons (Fsp3) is 0. The monoisotopic (exact) mass is 199 g/mol. The quantitative estimate of drug-likeness (QED) is 0.274. The lowest BCUT2D eigenvalue weighted by Crippen LogP contribution is -2.32. The lowest BCUT2D eigenvalue weighted by atomic mass is 10.2. The fourth-order valence-corrected chi connectivity index (χ4v) is 0.493. The Bertz CT molecular complexity index is 336. The van der Waals surface area contributed by atoms with Crippen molar-refractivity contribution in [3.8, 4) is 0 Å². The molecule has 7 nitrogen and oxygen atoms in total. The number of hydrogen-bond donors (Lipinski definition) is 1. The standard InChI is InChI=1S/C7H6O7/c8-4(7(13)14)1-3(6(11)12)2-5(9)10/h1-2,8H,(H,9,10)(H,11,12)(H,13,14)/p-3/b3-2-,4-1-. The van der Waals surface area contributed by atoms with Crippen LogP contribution >= 0.6 is 0 Å². The molecule has 0 aliphatic rings. The van der Waals surface area contributed by atoms with Crippen molar-refractivity contribution in [1.82, 2.24) is 0 Å². The van der Waals surface area contributed by atoms with E-state index in [1.165, 1.54) is 0 Å². The summed E-state index contributed by atoms with van der Waals surface area (Å²) in [7, 11) is 0. The number of hydrogen-bond acceptors (Lipinski definition) is 6. The minimum Gasteiger partial charge on any atom is -0.871 e. The van der Waals surface area contributed by atoms with Crippen molar-refractivity contribution in [3.05, 3.63) is 23.5 Å². The van der Waals surface area contributed by atoms with E-state index >= 15 is 0 Å². The van der Waals surface area contributed by atoms with Crippen molar-refractivity contribution in [2.24, 2.45) is 0 Å². The normalized spacial score (nSPS) is 12.3. The first kappa shape index (κ1) is 11.7. The molecule has 0 saturated carbocycles. The van der Waals surface area contributed by atoms with Gasteiger partial charge in [0.1, 0.15) is 0 Å². The SMILES string of the molecule is O=C(O)/C=C(/C=C(\[O-])C(=O)[O-])C(=O)[O-]. The average molecular weight is 199 g/mol. The molecule has 0 bridgehead atoms. The first-order valence-electron chi connectivity index (χ1n) is 3.10. The van der Waals surface area contributed by atoms with Gasteiger partial charge in [-0.2, -0.15) is 0 Å². The molecule has 0 aromatic rings. The molecule has 7 heteroatoms. The van der Waals surface area contributed by atoms with Crippen LogP contribution in [-0.2, 0) is 14.4 Å². The third-order valence-electron chi connectivity index (χ3n) is 1.00. The summed E-state index contributed by atoms with van der Waals surface area (Å²) in [6, 6.07) is 0. The van der Waals surface area contributed by atoms with Gasteiger partial charge in [-0.05, 0) is 0 Å². The zero-order valence-electron chi connectivity index (χ0n) is 6.55. The fourth-order valence-electron chi connectivity index (χ4n) is 0.493. The maximum Gasteiger partial charge on any atom is 0.328 e. The third kappa shape index (κ3) is 3.90. The van der Waals surface area contributed by atoms with E-state index in [0.717, 1.165) is 0 Å². The maximum absolute atomic E-state index is 10.4. The molecule has 0 spiro atoms. The Morgan fingerprint density at radius 1 is 0.929 bits per heavy atom. The van der Waals surface area contributed by atoms with Gasteiger partial charge in [-0.15, -0.1) is 0 Å². The van der Waals surface area contributed by atoms with Gasteiger partial charge in [0, 0.05) is 11.6 Å². The molecule has 0 unspecified atom stereocenters. The Labute approximate surface area is 77.2 Å². The van der Waals surface area contributed by atoms with Crippen LogP contribution in [0.1, 0.15) is 0 Å². The van der Waals surface area contributed by atoms with Crippen molar-refractivity contribution in [1.29, 1.82) is 0 Å². The molecule has 0 aromatic carbocycles. The average Bonchev–Trinajstić information content (AvgIpc) is 2.01. The summed E-state index contributed by atoms with van der Waals surface area (Å²) in [5.41, 5.74) is -1.05. The lowest BCUT2D eigenvalue weighted by Gasteiger charge is -2.13. The molecule has 0 saturated heterocycles. The molecular formula is C7H3O7-3. The smallest absolute Gasteiger partial charge is 0.328 e. The van der Waals surface area contributed by atoms with Gasteiger partial charge in [0.25, 0.3) is 0 Å². The highest BCUT2D eigenvalue weighted by Crippen LogP contribution is 1.97. The molecule has 0 aliphatic heterocycles. The van der Waals surface area contributed by atoms with Gasteiger partial charge in [0.2, 0.25) is 0 Å². The van der Waals surface area contributed by atoms with Crippen LogP contribution in [0.4, 0.5) is 0 Å². The molecule has 1 N–H and O–H groups in total. The highest BCUT2D eigenvalue weighted by Gasteiger charge is 1.98. The summed E-state index contributed by atoms with van der Waals surface area (Å²) in [5, 5.41) is 38.5. The van der Waals surface area contributed by atoms with Crippen LogP contribution in [0.3, 0.4) is 0 Å². The summed E-state index contributed by atoms with van der Waals surface area (Å²) in [6.45, 7) is 0. The van der Waals surface area contributed by atoms with Gasteiger partial charge < -0.3 is 30.0 Å². The molecule has 0 radical (unpaired) electrons. The van der Waals surface area contributed by atoms with E-state index < -0.39 is 29.2 Å². The molecule has 76 valence electrons. The van der Waals surface area contributed by atoms with Gasteiger partial charge in [-0.25, -0.2) is 4.79 Å². The minimum atomic E-state index is -2.14. The zero-order chi connectivity index (χ0) is 11.3. The summed E-state index contributed by atoms with van der Waals surface area (Å²) in [6.07, 6.45) is 0.231. The number of rotatable bonds is 4. The molecule has 0 rings (SSSR count). The first-order chi connectivity index (χ1) is 6.34. The molecule has 14 heavy (non-hydrogen) atoms. The van der Waals surface area contributed by atoms with Crippen LogP contribution in [-0.4, -0.2) is 23.0 Å². The van der Waals surface area contributed by atoms with Crippen molar-refractivity contribution in [3.63, 3.8) is 0 Å². The molecule has 0 amide bonds. The molecule has 0 atom stereocenters. The Morgan fingerprint density at radius 2 is 1.43 bits per heavy atom. The Hall–Kier alpha value is -2.31. The van der Waals surface area contributed by atoms with E-state index in [1.54, 1.807) is 0 Å². The van der Waals surface area contributed by atoms with E-state index in [9.17, 15) is 29.7 Å². The Morgan fingerprint density at radius 3 is 1.71 bits per heavy atom. The van der Waals surface area contributed by atoms with E-state index in [0.29, 0.717) is 0 Å². The van der Waals surface area contributed by atoms with Crippen molar-refractivity contribution < 1.29 is 34.8 Å². The van der Waals surface area contributed by atoms with Crippen LogP contribution in [0.15, 0.2) is 23.5 Å². The lowest BCUT2D eigenvalue weighted by molar-refractivity contribution is -0.354. The van der Waals surface area contributed by atoms with Crippen LogP contribution in [0.25, 0.3) is 0 Å². The molecular weight excluding hydrogens is 196 g/mol. The second-order valence-corrected chi connectivity index (χ2v) is 2.02. The summed E-state index contributed by atoms with van der Waals surface area (Å²) >= 11 is 0. The summed E-state index contributed by atoms with van der Waals surface area (Å²) in [5.74, 6) is -7.40. The van der Waals surface area contributed by atoms with Gasteiger partial charge in [-0.3, -0.25) is 0 Å². The predicted octanol–water partition coefficient (Wildman–Crippen LogP) is -4.26. The molecule has 0 aromatic heterocycles. The van der Waals surface area contributed by atoms with Crippen LogP contribution in [0, 0.1) is 0 Å². The second-order valence-electron chi connectivity index (χ2n) is 2.02. The van der Waals surface area contributed by atoms with Gasteiger partial charge in [0.05, 0.1) is 11.9 Å². The second kappa shape index (κ2) is 4.65. The topological polar surface area (TPSA) is 141 Å². The van der Waals surface area contributed by atoms with E-state index in [2.05, 4.69) is 0 Å². The van der Waals surface area contributed by atoms with Crippen molar-refractivity contribution >= 4 is 17.9 Å². The van der Waals surface area contributed by atoms with Gasteiger partial charge >= 0.3 is 5.97 Å². The summed E-state index contributed by atoms with van der Waals surface area (Å²) < 4.78 is 0. The van der Waals surface area contributed by atoms with E-state index in [-0.39, 0.29) is 12.2 Å². The largest absolute Gasteiger partial charge is 0.871 e. The molecule has 0 aliphatic carbocycles. The number of carbonyl (C=O) groups excluding carboxylic acids is 2. The van der Waals surface area contributed by atoms with Gasteiger partial charge in [-0.1, -0.05) is 11.8 Å². The van der Waals surface area contributed by atoms with E-state index in [4.69, 9.17) is 5.11 Å². The van der Waals surface area contributed by atoms with Crippen LogP contribution < -0.4 is 15.3 Å². The number of carbonyl (C=O) groups is 3. The predicted molar refractivity (Wildman–Crippen MR) is 33.8 cm³/mol. The van der Waals surface area contributed by atoms with Gasteiger partial charge in [0.15, 0.2) is 0 Å². The van der Waals surface area contributed by atoms with E-state index in [1.807, 2.05) is 0 Å².